The largest absolute Gasteiger partial charge is 0.354 e. The average Bonchev–Trinajstić information content (AvgIpc) is 2.48. The molecule has 1 rings (SSSR count). The molecule has 0 bridgehead atoms. The number of hydrogen-bond donors (Lipinski definition) is 2. The van der Waals surface area contributed by atoms with Crippen molar-refractivity contribution in [2.75, 3.05) is 19.1 Å². The third-order valence-corrected chi connectivity index (χ3v) is 4.79. The maximum Gasteiger partial charge on any atom is 0.191 e. The second-order valence-corrected chi connectivity index (χ2v) is 9.60. The maximum atomic E-state index is 11.2. The molecular weight excluding hydrogens is 322 g/mol. The van der Waals surface area contributed by atoms with E-state index in [1.165, 1.54) is 17.4 Å². The monoisotopic (exact) mass is 353 g/mol. The molecule has 1 aromatic rings. The second kappa shape index (κ2) is 8.51. The molecule has 0 aliphatic carbocycles. The van der Waals surface area contributed by atoms with Crippen LogP contribution >= 0.6 is 0 Å². The molecule has 2 N–H and O–H groups in total. The summed E-state index contributed by atoms with van der Waals surface area (Å²) in [5, 5.41) is 6.48. The number of aliphatic imine (C=N–C) groups is 1. The Morgan fingerprint density at radius 2 is 1.79 bits per heavy atom. The third kappa shape index (κ3) is 7.81. The average molecular weight is 354 g/mol. The normalized spacial score (nSPS) is 14.3. The Kier molecular flexibility index (Phi) is 7.27. The van der Waals surface area contributed by atoms with Crippen LogP contribution in [-0.4, -0.2) is 39.5 Å². The van der Waals surface area contributed by atoms with E-state index >= 15 is 0 Å². The standard InChI is InChI=1S/C18H31N3O2S/c1-14(11-12-24(6,22)23)21-17(19-5)20-13-15-7-9-16(10-8-15)18(2,3)4/h7-10,14H,11-13H2,1-6H3,(H2,19,20,21). The van der Waals surface area contributed by atoms with Gasteiger partial charge in [-0.25, -0.2) is 8.42 Å². The minimum atomic E-state index is -2.93. The first kappa shape index (κ1) is 20.5. The highest BCUT2D eigenvalue weighted by atomic mass is 32.2. The minimum absolute atomic E-state index is 0.0363. The number of nitrogens with one attached hydrogen (secondary N) is 2. The van der Waals surface area contributed by atoms with E-state index in [1.807, 2.05) is 6.92 Å². The lowest BCUT2D eigenvalue weighted by Crippen LogP contribution is -2.42. The summed E-state index contributed by atoms with van der Waals surface area (Å²) in [7, 11) is -1.22. The Balaban J connectivity index is 2.52. The van der Waals surface area contributed by atoms with Crippen LogP contribution in [0.5, 0.6) is 0 Å². The number of guanidine groups is 1. The van der Waals surface area contributed by atoms with Gasteiger partial charge in [0.1, 0.15) is 9.84 Å². The van der Waals surface area contributed by atoms with Crippen molar-refractivity contribution in [3.63, 3.8) is 0 Å². The predicted molar refractivity (Wildman–Crippen MR) is 102 cm³/mol. The summed E-state index contributed by atoms with van der Waals surface area (Å²) < 4.78 is 22.5. The second-order valence-electron chi connectivity index (χ2n) is 7.34. The molecule has 1 atom stereocenters. The van der Waals surface area contributed by atoms with E-state index in [-0.39, 0.29) is 17.2 Å². The zero-order chi connectivity index (χ0) is 18.4. The number of benzene rings is 1. The van der Waals surface area contributed by atoms with Gasteiger partial charge >= 0.3 is 0 Å². The lowest BCUT2D eigenvalue weighted by atomic mass is 9.87. The highest BCUT2D eigenvalue weighted by Gasteiger charge is 2.13. The van der Waals surface area contributed by atoms with Gasteiger partial charge in [0.25, 0.3) is 0 Å². The summed E-state index contributed by atoms with van der Waals surface area (Å²) in [5.74, 6) is 0.850. The van der Waals surface area contributed by atoms with Crippen molar-refractivity contribution in [2.24, 2.45) is 4.99 Å². The Bertz CT molecular complexity index is 644. The highest BCUT2D eigenvalue weighted by Crippen LogP contribution is 2.22. The quantitative estimate of drug-likeness (QED) is 0.609. The van der Waals surface area contributed by atoms with Gasteiger partial charge < -0.3 is 10.6 Å². The fraction of sp³-hybridized carbons (Fsp3) is 0.611. The fourth-order valence-electron chi connectivity index (χ4n) is 2.20. The molecule has 0 radical (unpaired) electrons. The number of nitrogens with zero attached hydrogens (tertiary/aromatic N) is 1. The van der Waals surface area contributed by atoms with Crippen LogP contribution in [0.4, 0.5) is 0 Å². The molecule has 0 fully saturated rings. The summed E-state index contributed by atoms with van der Waals surface area (Å²) in [6.45, 7) is 9.22. The fourth-order valence-corrected chi connectivity index (χ4v) is 2.98. The number of hydrogen-bond acceptors (Lipinski definition) is 3. The van der Waals surface area contributed by atoms with Gasteiger partial charge in [-0.05, 0) is 29.9 Å². The molecule has 0 amide bonds. The van der Waals surface area contributed by atoms with E-state index in [0.29, 0.717) is 18.9 Å². The molecule has 6 heteroatoms. The van der Waals surface area contributed by atoms with Gasteiger partial charge in [-0.2, -0.15) is 0 Å². The first-order valence-corrected chi connectivity index (χ1v) is 10.3. The lowest BCUT2D eigenvalue weighted by Gasteiger charge is -2.20. The predicted octanol–water partition coefficient (Wildman–Crippen LogP) is 2.47. The van der Waals surface area contributed by atoms with E-state index in [4.69, 9.17) is 0 Å². The molecule has 0 heterocycles. The van der Waals surface area contributed by atoms with Crippen LogP contribution < -0.4 is 10.6 Å². The summed E-state index contributed by atoms with van der Waals surface area (Å²) in [6.07, 6.45) is 1.81. The van der Waals surface area contributed by atoms with Crippen LogP contribution in [0.15, 0.2) is 29.3 Å². The number of rotatable bonds is 6. The third-order valence-electron chi connectivity index (χ3n) is 3.81. The van der Waals surface area contributed by atoms with Crippen molar-refractivity contribution in [1.82, 2.24) is 10.6 Å². The van der Waals surface area contributed by atoms with Crippen LogP contribution in [0.2, 0.25) is 0 Å². The number of sulfone groups is 1. The minimum Gasteiger partial charge on any atom is -0.354 e. The van der Waals surface area contributed by atoms with Crippen molar-refractivity contribution in [3.8, 4) is 0 Å². The highest BCUT2D eigenvalue weighted by molar-refractivity contribution is 7.90. The van der Waals surface area contributed by atoms with Crippen LogP contribution in [0, 0.1) is 0 Å². The summed E-state index contributed by atoms with van der Waals surface area (Å²) in [4.78, 5) is 4.19. The summed E-state index contributed by atoms with van der Waals surface area (Å²) in [6, 6.07) is 8.58. The Hall–Kier alpha value is -1.56. The molecule has 0 aliphatic heterocycles. The Morgan fingerprint density at radius 1 is 1.21 bits per heavy atom. The topological polar surface area (TPSA) is 70.6 Å². The first-order valence-electron chi connectivity index (χ1n) is 8.25. The van der Waals surface area contributed by atoms with E-state index in [0.717, 1.165) is 0 Å². The van der Waals surface area contributed by atoms with Crippen molar-refractivity contribution in [2.45, 2.75) is 52.1 Å². The van der Waals surface area contributed by atoms with Crippen molar-refractivity contribution in [3.05, 3.63) is 35.4 Å². The first-order chi connectivity index (χ1) is 11.0. The van der Waals surface area contributed by atoms with Crippen LogP contribution in [0.1, 0.15) is 45.2 Å². The molecule has 0 spiro atoms. The molecule has 24 heavy (non-hydrogen) atoms. The Labute approximate surface area is 146 Å². The van der Waals surface area contributed by atoms with Gasteiger partial charge in [0, 0.05) is 25.9 Å². The van der Waals surface area contributed by atoms with Gasteiger partial charge in [-0.3, -0.25) is 4.99 Å². The summed E-state index contributed by atoms with van der Waals surface area (Å²) >= 11 is 0. The van der Waals surface area contributed by atoms with Crippen LogP contribution in [-0.2, 0) is 21.8 Å². The van der Waals surface area contributed by atoms with Gasteiger partial charge in [-0.1, -0.05) is 45.0 Å². The van der Waals surface area contributed by atoms with Crippen molar-refractivity contribution >= 4 is 15.8 Å². The van der Waals surface area contributed by atoms with E-state index in [9.17, 15) is 8.42 Å². The molecule has 1 unspecified atom stereocenters. The zero-order valence-electron chi connectivity index (χ0n) is 15.7. The van der Waals surface area contributed by atoms with E-state index < -0.39 is 9.84 Å². The SMILES string of the molecule is CN=C(NCc1ccc(C(C)(C)C)cc1)NC(C)CCS(C)(=O)=O. The van der Waals surface area contributed by atoms with Crippen LogP contribution in [0.25, 0.3) is 0 Å². The molecular formula is C18H31N3O2S. The molecule has 0 saturated carbocycles. The smallest absolute Gasteiger partial charge is 0.191 e. The van der Waals surface area contributed by atoms with E-state index in [2.05, 4.69) is 60.7 Å². The van der Waals surface area contributed by atoms with Gasteiger partial charge in [0.05, 0.1) is 5.75 Å². The zero-order valence-corrected chi connectivity index (χ0v) is 16.5. The Morgan fingerprint density at radius 3 is 2.25 bits per heavy atom. The molecule has 136 valence electrons. The maximum absolute atomic E-state index is 11.2. The van der Waals surface area contributed by atoms with Crippen molar-refractivity contribution < 1.29 is 8.42 Å². The molecule has 5 nitrogen and oxygen atoms in total. The van der Waals surface area contributed by atoms with Gasteiger partial charge in [0.2, 0.25) is 0 Å². The van der Waals surface area contributed by atoms with Gasteiger partial charge in [0.15, 0.2) is 5.96 Å². The molecule has 0 aliphatic rings. The van der Waals surface area contributed by atoms with Crippen LogP contribution in [0.3, 0.4) is 0 Å². The molecule has 0 saturated heterocycles. The lowest BCUT2D eigenvalue weighted by molar-refractivity contribution is 0.581. The summed E-state index contributed by atoms with van der Waals surface area (Å²) in [5.41, 5.74) is 2.64. The molecule has 1 aromatic carbocycles. The van der Waals surface area contributed by atoms with Gasteiger partial charge in [-0.15, -0.1) is 0 Å². The van der Waals surface area contributed by atoms with Crippen molar-refractivity contribution in [1.29, 1.82) is 0 Å². The van der Waals surface area contributed by atoms with E-state index in [1.54, 1.807) is 7.05 Å². The molecule has 0 aromatic heterocycles.